The Labute approximate surface area is 160 Å². The lowest BCUT2D eigenvalue weighted by molar-refractivity contribution is -0.151. The minimum absolute atomic E-state index is 0.0713. The zero-order chi connectivity index (χ0) is 20.2. The highest BCUT2D eigenvalue weighted by Crippen LogP contribution is 2.38. The van der Waals surface area contributed by atoms with Crippen LogP contribution >= 0.6 is 0 Å². The van der Waals surface area contributed by atoms with Crippen molar-refractivity contribution in [3.8, 4) is 0 Å². The Kier molecular flexibility index (Phi) is 6.63. The molecular weight excluding hydrogens is 344 g/mol. The molecule has 0 bridgehead atoms. The molecule has 1 saturated heterocycles. The van der Waals surface area contributed by atoms with Crippen molar-refractivity contribution < 1.29 is 19.5 Å². The zero-order valence-corrected chi connectivity index (χ0v) is 16.6. The SMILES string of the molecule is CC(C)C(NC(=O)Cc1ccccc1)C(=O)N1CCC(C(=O)O)(C(C)C)C1. The number of carboxylic acid groups (broad SMARTS) is 1. The first kappa shape index (κ1) is 20.9. The number of nitrogens with zero attached hydrogens (tertiary/aromatic N) is 1. The smallest absolute Gasteiger partial charge is 0.311 e. The van der Waals surface area contributed by atoms with Crippen LogP contribution in [0.4, 0.5) is 0 Å². The number of carbonyl (C=O) groups excluding carboxylic acids is 2. The molecule has 0 aliphatic carbocycles. The number of nitrogens with one attached hydrogen (secondary N) is 1. The number of hydrogen-bond donors (Lipinski definition) is 2. The van der Waals surface area contributed by atoms with E-state index in [1.54, 1.807) is 4.90 Å². The third-order valence-electron chi connectivity index (χ3n) is 5.60. The molecule has 0 saturated carbocycles. The van der Waals surface area contributed by atoms with Gasteiger partial charge in [-0.2, -0.15) is 0 Å². The summed E-state index contributed by atoms with van der Waals surface area (Å²) < 4.78 is 0. The molecule has 0 radical (unpaired) electrons. The van der Waals surface area contributed by atoms with E-state index >= 15 is 0 Å². The Morgan fingerprint density at radius 2 is 1.78 bits per heavy atom. The summed E-state index contributed by atoms with van der Waals surface area (Å²) in [5.74, 6) is -1.42. The molecule has 2 amide bonds. The lowest BCUT2D eigenvalue weighted by atomic mass is 9.76. The molecule has 1 aliphatic heterocycles. The van der Waals surface area contributed by atoms with Gasteiger partial charge in [0, 0.05) is 13.1 Å². The highest BCUT2D eigenvalue weighted by molar-refractivity contribution is 5.89. The van der Waals surface area contributed by atoms with E-state index in [-0.39, 0.29) is 36.6 Å². The molecule has 2 atom stereocenters. The van der Waals surface area contributed by atoms with E-state index in [0.29, 0.717) is 13.0 Å². The van der Waals surface area contributed by atoms with Gasteiger partial charge in [0.2, 0.25) is 11.8 Å². The average Bonchev–Trinajstić information content (AvgIpc) is 3.07. The van der Waals surface area contributed by atoms with E-state index in [9.17, 15) is 19.5 Å². The molecule has 0 aromatic heterocycles. The van der Waals surface area contributed by atoms with Gasteiger partial charge < -0.3 is 15.3 Å². The minimum atomic E-state index is -0.911. The third kappa shape index (κ3) is 4.67. The maximum Gasteiger partial charge on any atom is 0.311 e. The monoisotopic (exact) mass is 374 g/mol. The Bertz CT molecular complexity index is 687. The molecule has 1 fully saturated rings. The molecule has 27 heavy (non-hydrogen) atoms. The first-order chi connectivity index (χ1) is 12.7. The summed E-state index contributed by atoms with van der Waals surface area (Å²) in [5.41, 5.74) is -0.0264. The van der Waals surface area contributed by atoms with Gasteiger partial charge in [0.25, 0.3) is 0 Å². The van der Waals surface area contributed by atoms with E-state index in [4.69, 9.17) is 0 Å². The van der Waals surface area contributed by atoms with Crippen molar-refractivity contribution in [3.05, 3.63) is 35.9 Å². The van der Waals surface area contributed by atoms with Gasteiger partial charge in [-0.05, 0) is 23.8 Å². The van der Waals surface area contributed by atoms with E-state index in [0.717, 1.165) is 5.56 Å². The molecule has 1 aliphatic rings. The quantitative estimate of drug-likeness (QED) is 0.767. The second-order valence-corrected chi connectivity index (χ2v) is 8.08. The lowest BCUT2D eigenvalue weighted by Crippen LogP contribution is -2.52. The normalized spacial score (nSPS) is 20.7. The molecule has 148 valence electrons. The molecule has 1 aromatic carbocycles. The highest BCUT2D eigenvalue weighted by Gasteiger charge is 2.49. The van der Waals surface area contributed by atoms with Crippen LogP contribution in [0.1, 0.15) is 39.7 Å². The van der Waals surface area contributed by atoms with Crippen LogP contribution in [-0.2, 0) is 20.8 Å². The molecule has 6 nitrogen and oxygen atoms in total. The van der Waals surface area contributed by atoms with Crippen LogP contribution in [0.25, 0.3) is 0 Å². The van der Waals surface area contributed by atoms with Gasteiger partial charge in [-0.15, -0.1) is 0 Å². The first-order valence-corrected chi connectivity index (χ1v) is 9.53. The fourth-order valence-corrected chi connectivity index (χ4v) is 3.63. The topological polar surface area (TPSA) is 86.7 Å². The third-order valence-corrected chi connectivity index (χ3v) is 5.60. The number of likely N-dealkylation sites (tertiary alicyclic amines) is 1. The van der Waals surface area contributed by atoms with Crippen LogP contribution in [0.5, 0.6) is 0 Å². The molecule has 6 heteroatoms. The Hall–Kier alpha value is -2.37. The predicted molar refractivity (Wildman–Crippen MR) is 103 cm³/mol. The highest BCUT2D eigenvalue weighted by atomic mass is 16.4. The van der Waals surface area contributed by atoms with Gasteiger partial charge in [-0.25, -0.2) is 0 Å². The lowest BCUT2D eigenvalue weighted by Gasteiger charge is -2.31. The maximum absolute atomic E-state index is 13.0. The van der Waals surface area contributed by atoms with Crippen LogP contribution in [0.15, 0.2) is 30.3 Å². The fraction of sp³-hybridized carbons (Fsp3) is 0.571. The summed E-state index contributed by atoms with van der Waals surface area (Å²) in [6.07, 6.45) is 0.650. The van der Waals surface area contributed by atoms with Crippen molar-refractivity contribution >= 4 is 17.8 Å². The Morgan fingerprint density at radius 3 is 2.26 bits per heavy atom. The fourth-order valence-electron chi connectivity index (χ4n) is 3.63. The van der Waals surface area contributed by atoms with Crippen molar-refractivity contribution in [2.24, 2.45) is 17.3 Å². The molecular formula is C21H30N2O4. The maximum atomic E-state index is 13.0. The number of hydrogen-bond acceptors (Lipinski definition) is 3. The number of carboxylic acids is 1. The van der Waals surface area contributed by atoms with E-state index < -0.39 is 17.4 Å². The summed E-state index contributed by atoms with van der Waals surface area (Å²) in [6, 6.07) is 8.72. The van der Waals surface area contributed by atoms with Gasteiger partial charge in [0.1, 0.15) is 6.04 Å². The second kappa shape index (κ2) is 8.55. The van der Waals surface area contributed by atoms with Gasteiger partial charge in [-0.1, -0.05) is 58.0 Å². The van der Waals surface area contributed by atoms with E-state index in [1.807, 2.05) is 58.0 Å². The molecule has 0 spiro atoms. The zero-order valence-electron chi connectivity index (χ0n) is 16.6. The molecule has 2 unspecified atom stereocenters. The largest absolute Gasteiger partial charge is 0.481 e. The van der Waals surface area contributed by atoms with Gasteiger partial charge in [0.15, 0.2) is 0 Å². The molecule has 2 rings (SSSR count). The van der Waals surface area contributed by atoms with E-state index in [2.05, 4.69) is 5.32 Å². The first-order valence-electron chi connectivity index (χ1n) is 9.53. The van der Waals surface area contributed by atoms with Crippen LogP contribution in [0, 0.1) is 17.3 Å². The second-order valence-electron chi connectivity index (χ2n) is 8.08. The Balaban J connectivity index is 2.07. The summed E-state index contributed by atoms with van der Waals surface area (Å²) in [4.78, 5) is 38.8. The number of amides is 2. The molecule has 1 heterocycles. The number of aliphatic carboxylic acids is 1. The summed E-state index contributed by atoms with van der Waals surface area (Å²) >= 11 is 0. The van der Waals surface area contributed by atoms with Gasteiger partial charge in [0.05, 0.1) is 11.8 Å². The molecule has 2 N–H and O–H groups in total. The van der Waals surface area contributed by atoms with Crippen molar-refractivity contribution in [1.82, 2.24) is 10.2 Å². The van der Waals surface area contributed by atoms with Gasteiger partial charge >= 0.3 is 5.97 Å². The standard InChI is InChI=1S/C21H30N2O4/c1-14(2)18(22-17(24)12-16-8-6-5-7-9-16)19(25)23-11-10-21(13-23,15(3)4)20(26)27/h5-9,14-15,18H,10-13H2,1-4H3,(H,22,24)(H,26,27). The summed E-state index contributed by atoms with van der Waals surface area (Å²) in [7, 11) is 0. The van der Waals surface area contributed by atoms with E-state index in [1.165, 1.54) is 0 Å². The van der Waals surface area contributed by atoms with Crippen LogP contribution in [-0.4, -0.2) is 46.9 Å². The van der Waals surface area contributed by atoms with Gasteiger partial charge in [-0.3, -0.25) is 14.4 Å². The Morgan fingerprint density at radius 1 is 1.15 bits per heavy atom. The van der Waals surface area contributed by atoms with Crippen LogP contribution in [0.2, 0.25) is 0 Å². The summed E-state index contributed by atoms with van der Waals surface area (Å²) in [5, 5.41) is 12.5. The molecule has 1 aromatic rings. The van der Waals surface area contributed by atoms with Crippen LogP contribution < -0.4 is 5.32 Å². The predicted octanol–water partition coefficient (Wildman–Crippen LogP) is 2.33. The number of rotatable bonds is 7. The minimum Gasteiger partial charge on any atom is -0.481 e. The number of carbonyl (C=O) groups is 3. The number of benzene rings is 1. The summed E-state index contributed by atoms with van der Waals surface area (Å²) in [6.45, 7) is 8.12. The van der Waals surface area contributed by atoms with Crippen molar-refractivity contribution in [3.63, 3.8) is 0 Å². The van der Waals surface area contributed by atoms with Crippen molar-refractivity contribution in [2.75, 3.05) is 13.1 Å². The van der Waals surface area contributed by atoms with Crippen molar-refractivity contribution in [1.29, 1.82) is 0 Å². The average molecular weight is 374 g/mol. The van der Waals surface area contributed by atoms with Crippen LogP contribution in [0.3, 0.4) is 0 Å². The van der Waals surface area contributed by atoms with Crippen molar-refractivity contribution in [2.45, 2.75) is 46.6 Å².